The van der Waals surface area contributed by atoms with Crippen LogP contribution in [0.25, 0.3) is 0 Å². The van der Waals surface area contributed by atoms with E-state index in [0.29, 0.717) is 6.42 Å². The third-order valence-corrected chi connectivity index (χ3v) is 2.07. The molecule has 5 heteroatoms. The molecule has 0 aliphatic carbocycles. The van der Waals surface area contributed by atoms with Crippen LogP contribution in [0.5, 0.6) is 0 Å². The number of nitrogens with zero attached hydrogens (tertiary/aromatic N) is 4. The second-order valence-corrected chi connectivity index (χ2v) is 3.10. The Kier molecular flexibility index (Phi) is 3.24. The Labute approximate surface area is 83.2 Å². The van der Waals surface area contributed by atoms with E-state index in [-0.39, 0.29) is 12.0 Å². The number of hydrogen-bond acceptors (Lipinski definition) is 5. The molecule has 1 rings (SSSR count). The molecular weight excluding hydrogens is 178 g/mol. The summed E-state index contributed by atoms with van der Waals surface area (Å²) in [6.45, 7) is 1.96. The first-order chi connectivity index (χ1) is 6.65. The molecule has 1 aromatic rings. The van der Waals surface area contributed by atoms with E-state index in [0.717, 1.165) is 5.82 Å². The highest BCUT2D eigenvalue weighted by atomic mass is 15.2. The van der Waals surface area contributed by atoms with Gasteiger partial charge in [-0.1, -0.05) is 0 Å². The van der Waals surface area contributed by atoms with Gasteiger partial charge in [0, 0.05) is 19.3 Å². The maximum atomic E-state index is 8.55. The van der Waals surface area contributed by atoms with E-state index in [1.807, 2.05) is 18.9 Å². The molecule has 5 nitrogen and oxygen atoms in total. The van der Waals surface area contributed by atoms with E-state index in [2.05, 4.69) is 16.0 Å². The van der Waals surface area contributed by atoms with Gasteiger partial charge in [0.2, 0.25) is 5.95 Å². The lowest BCUT2D eigenvalue weighted by Crippen LogP contribution is -2.29. The summed E-state index contributed by atoms with van der Waals surface area (Å²) in [6, 6.07) is 4.00. The van der Waals surface area contributed by atoms with E-state index >= 15 is 0 Å². The van der Waals surface area contributed by atoms with Crippen molar-refractivity contribution in [1.29, 1.82) is 5.26 Å². The van der Waals surface area contributed by atoms with Crippen LogP contribution in [0.2, 0.25) is 0 Å². The molecule has 74 valence electrons. The maximum Gasteiger partial charge on any atom is 0.221 e. The molecule has 0 fully saturated rings. The standard InChI is InChI=1S/C9H13N5/c1-7(3-5-10)14(2)8-4-6-12-9(11)13-8/h4,6-7H,3H2,1-2H3,(H2,11,12,13). The number of nitriles is 1. The van der Waals surface area contributed by atoms with E-state index in [9.17, 15) is 0 Å². The van der Waals surface area contributed by atoms with Crippen molar-refractivity contribution in [2.45, 2.75) is 19.4 Å². The molecule has 0 spiro atoms. The first-order valence-electron chi connectivity index (χ1n) is 4.33. The molecule has 0 amide bonds. The molecule has 1 atom stereocenters. The molecule has 1 unspecified atom stereocenters. The van der Waals surface area contributed by atoms with Gasteiger partial charge in [-0.05, 0) is 13.0 Å². The van der Waals surface area contributed by atoms with E-state index in [1.54, 1.807) is 12.3 Å². The predicted molar refractivity (Wildman–Crippen MR) is 54.5 cm³/mol. The molecular formula is C9H13N5. The van der Waals surface area contributed by atoms with Gasteiger partial charge in [0.15, 0.2) is 0 Å². The molecule has 2 N–H and O–H groups in total. The second kappa shape index (κ2) is 4.42. The summed E-state index contributed by atoms with van der Waals surface area (Å²) in [5.41, 5.74) is 5.46. The Morgan fingerprint density at radius 2 is 2.43 bits per heavy atom. The summed E-state index contributed by atoms with van der Waals surface area (Å²) in [5, 5.41) is 8.55. The number of rotatable bonds is 3. The molecule has 0 aromatic carbocycles. The molecule has 0 aliphatic rings. The number of nitrogens with two attached hydrogens (primary N) is 1. The van der Waals surface area contributed by atoms with Crippen molar-refractivity contribution in [2.75, 3.05) is 17.7 Å². The highest BCUT2D eigenvalue weighted by Gasteiger charge is 2.10. The van der Waals surface area contributed by atoms with Gasteiger partial charge < -0.3 is 10.6 Å². The Balaban J connectivity index is 2.79. The Hall–Kier alpha value is -1.83. The summed E-state index contributed by atoms with van der Waals surface area (Å²) in [5.74, 6) is 0.985. The minimum Gasteiger partial charge on any atom is -0.368 e. The first kappa shape index (κ1) is 10.3. The molecule has 0 aliphatic heterocycles. The second-order valence-electron chi connectivity index (χ2n) is 3.10. The van der Waals surface area contributed by atoms with Crippen molar-refractivity contribution in [3.63, 3.8) is 0 Å². The van der Waals surface area contributed by atoms with Crippen molar-refractivity contribution in [3.05, 3.63) is 12.3 Å². The topological polar surface area (TPSA) is 78.8 Å². The first-order valence-corrected chi connectivity index (χ1v) is 4.33. The zero-order valence-electron chi connectivity index (χ0n) is 8.31. The Bertz CT molecular complexity index is 343. The number of anilines is 2. The third kappa shape index (κ3) is 2.33. The van der Waals surface area contributed by atoms with Crippen LogP contribution in [0.1, 0.15) is 13.3 Å². The van der Waals surface area contributed by atoms with Gasteiger partial charge in [-0.15, -0.1) is 0 Å². The highest BCUT2D eigenvalue weighted by molar-refractivity contribution is 5.41. The highest BCUT2D eigenvalue weighted by Crippen LogP contribution is 2.13. The van der Waals surface area contributed by atoms with Gasteiger partial charge in [0.1, 0.15) is 5.82 Å². The lowest BCUT2D eigenvalue weighted by molar-refractivity contribution is 0.693. The zero-order valence-corrected chi connectivity index (χ0v) is 8.31. The summed E-state index contributed by atoms with van der Waals surface area (Å²) >= 11 is 0. The smallest absolute Gasteiger partial charge is 0.221 e. The van der Waals surface area contributed by atoms with Gasteiger partial charge in [-0.2, -0.15) is 10.2 Å². The minimum atomic E-state index is 0.120. The summed E-state index contributed by atoms with van der Waals surface area (Å²) in [4.78, 5) is 9.77. The Morgan fingerprint density at radius 1 is 1.71 bits per heavy atom. The van der Waals surface area contributed by atoms with E-state index in [1.165, 1.54) is 0 Å². The van der Waals surface area contributed by atoms with Gasteiger partial charge in [-0.3, -0.25) is 0 Å². The van der Waals surface area contributed by atoms with Crippen LogP contribution in [0.3, 0.4) is 0 Å². The minimum absolute atomic E-state index is 0.120. The monoisotopic (exact) mass is 191 g/mol. The Morgan fingerprint density at radius 3 is 3.00 bits per heavy atom. The van der Waals surface area contributed by atoms with Crippen molar-refractivity contribution in [1.82, 2.24) is 9.97 Å². The molecule has 0 bridgehead atoms. The molecule has 1 heterocycles. The lowest BCUT2D eigenvalue weighted by Gasteiger charge is -2.23. The fourth-order valence-electron chi connectivity index (χ4n) is 1.06. The molecule has 1 aromatic heterocycles. The normalized spacial score (nSPS) is 11.8. The fraction of sp³-hybridized carbons (Fsp3) is 0.444. The molecule has 0 radical (unpaired) electrons. The van der Waals surface area contributed by atoms with Crippen LogP contribution in [-0.2, 0) is 0 Å². The molecule has 0 saturated heterocycles. The van der Waals surface area contributed by atoms with Gasteiger partial charge in [0.25, 0.3) is 0 Å². The van der Waals surface area contributed by atoms with E-state index < -0.39 is 0 Å². The van der Waals surface area contributed by atoms with Crippen LogP contribution in [0.4, 0.5) is 11.8 Å². The van der Waals surface area contributed by atoms with Crippen LogP contribution in [0, 0.1) is 11.3 Å². The summed E-state index contributed by atoms with van der Waals surface area (Å²) in [7, 11) is 1.88. The van der Waals surface area contributed by atoms with Crippen molar-refractivity contribution in [3.8, 4) is 6.07 Å². The number of aromatic nitrogens is 2. The largest absolute Gasteiger partial charge is 0.368 e. The quantitative estimate of drug-likeness (QED) is 0.764. The fourth-order valence-corrected chi connectivity index (χ4v) is 1.06. The number of hydrogen-bond donors (Lipinski definition) is 1. The molecule has 0 saturated carbocycles. The van der Waals surface area contributed by atoms with Crippen LogP contribution in [0.15, 0.2) is 12.3 Å². The average Bonchev–Trinajstić information content (AvgIpc) is 2.17. The van der Waals surface area contributed by atoms with Crippen molar-refractivity contribution in [2.24, 2.45) is 0 Å². The summed E-state index contributed by atoms with van der Waals surface area (Å²) < 4.78 is 0. The predicted octanol–water partition coefficient (Wildman–Crippen LogP) is 0.797. The van der Waals surface area contributed by atoms with Gasteiger partial charge in [0.05, 0.1) is 12.5 Å². The third-order valence-electron chi connectivity index (χ3n) is 2.07. The van der Waals surface area contributed by atoms with E-state index in [4.69, 9.17) is 11.0 Å². The SMILES string of the molecule is CC(CC#N)N(C)c1ccnc(N)n1. The number of nitrogen functional groups attached to an aromatic ring is 1. The van der Waals surface area contributed by atoms with Gasteiger partial charge >= 0.3 is 0 Å². The van der Waals surface area contributed by atoms with Crippen LogP contribution < -0.4 is 10.6 Å². The lowest BCUT2D eigenvalue weighted by atomic mass is 10.2. The van der Waals surface area contributed by atoms with Crippen LogP contribution in [-0.4, -0.2) is 23.1 Å². The van der Waals surface area contributed by atoms with Gasteiger partial charge in [-0.25, -0.2) is 4.98 Å². The summed E-state index contributed by atoms with van der Waals surface area (Å²) in [6.07, 6.45) is 2.06. The van der Waals surface area contributed by atoms with Crippen molar-refractivity contribution >= 4 is 11.8 Å². The van der Waals surface area contributed by atoms with Crippen LogP contribution >= 0.6 is 0 Å². The molecule has 14 heavy (non-hydrogen) atoms. The average molecular weight is 191 g/mol. The zero-order chi connectivity index (χ0) is 10.6. The van der Waals surface area contributed by atoms with Crippen molar-refractivity contribution < 1.29 is 0 Å². The maximum absolute atomic E-state index is 8.55.